The summed E-state index contributed by atoms with van der Waals surface area (Å²) < 4.78 is 0. The van der Waals surface area contributed by atoms with Gasteiger partial charge in [-0.1, -0.05) is 0 Å². The minimum atomic E-state index is -1.55. The van der Waals surface area contributed by atoms with Crippen LogP contribution in [0.1, 0.15) is 0 Å². The van der Waals surface area contributed by atoms with E-state index in [2.05, 4.69) is 16.0 Å². The van der Waals surface area contributed by atoms with Gasteiger partial charge in [-0.25, -0.2) is 0 Å². The van der Waals surface area contributed by atoms with Crippen LogP contribution < -0.4 is 16.0 Å². The lowest BCUT2D eigenvalue weighted by Crippen LogP contribution is -2.48. The minimum absolute atomic E-state index is 0.0936. The summed E-state index contributed by atoms with van der Waals surface area (Å²) in [6.45, 7) is 3.99. The van der Waals surface area contributed by atoms with Gasteiger partial charge in [-0.05, 0) is 7.05 Å². The van der Waals surface area contributed by atoms with Crippen LogP contribution in [0.2, 0.25) is 0 Å². The molecule has 1 rings (SSSR count). The largest absolute Gasteiger partial charge is 0.394 e. The summed E-state index contributed by atoms with van der Waals surface area (Å²) in [5.41, 5.74) is 0. The van der Waals surface area contributed by atoms with Crippen molar-refractivity contribution in [1.29, 1.82) is 0 Å². The number of hydrogen-bond acceptors (Lipinski definition) is 8. The van der Waals surface area contributed by atoms with Crippen LogP contribution in [0.15, 0.2) is 0 Å². The van der Waals surface area contributed by atoms with Crippen molar-refractivity contribution in [2.24, 2.45) is 0 Å². The highest BCUT2D eigenvalue weighted by atomic mass is 16.4. The Morgan fingerprint density at radius 1 is 0.895 bits per heavy atom. The van der Waals surface area contributed by atoms with E-state index in [-0.39, 0.29) is 6.54 Å². The number of aliphatic hydroxyl groups excluding tert-OH is 5. The Labute approximate surface area is 113 Å². The number of rotatable bonds is 6. The lowest BCUT2D eigenvalue weighted by molar-refractivity contribution is -0.113. The molecule has 1 fully saturated rings. The maximum absolute atomic E-state index is 9.21. The van der Waals surface area contributed by atoms with Gasteiger partial charge in [0.1, 0.15) is 18.3 Å². The molecule has 0 saturated carbocycles. The summed E-state index contributed by atoms with van der Waals surface area (Å²) >= 11 is 0. The lowest BCUT2D eigenvalue weighted by atomic mass is 10.0. The van der Waals surface area contributed by atoms with Gasteiger partial charge >= 0.3 is 0 Å². The molecule has 0 aromatic heterocycles. The van der Waals surface area contributed by atoms with Crippen LogP contribution in [-0.4, -0.2) is 96.3 Å². The molecule has 1 aliphatic heterocycles. The van der Waals surface area contributed by atoms with Gasteiger partial charge in [0.25, 0.3) is 0 Å². The first-order valence-corrected chi connectivity index (χ1v) is 6.43. The third kappa shape index (κ3) is 8.45. The van der Waals surface area contributed by atoms with Crippen LogP contribution in [0.5, 0.6) is 0 Å². The van der Waals surface area contributed by atoms with E-state index in [0.29, 0.717) is 0 Å². The van der Waals surface area contributed by atoms with Gasteiger partial charge < -0.3 is 41.5 Å². The molecule has 8 heteroatoms. The second-order valence-corrected chi connectivity index (χ2v) is 4.36. The molecule has 0 radical (unpaired) electrons. The fourth-order valence-corrected chi connectivity index (χ4v) is 1.50. The maximum atomic E-state index is 9.21. The summed E-state index contributed by atoms with van der Waals surface area (Å²) in [4.78, 5) is 0. The predicted octanol–water partition coefficient (Wildman–Crippen LogP) is -4.18. The normalized spacial score (nSPS) is 21.8. The molecule has 0 aromatic rings. The van der Waals surface area contributed by atoms with Crippen LogP contribution in [0, 0.1) is 0 Å². The molecule has 0 aromatic carbocycles. The molecule has 4 atom stereocenters. The second-order valence-electron chi connectivity index (χ2n) is 4.36. The molecule has 0 spiro atoms. The molecule has 1 heterocycles. The van der Waals surface area contributed by atoms with E-state index in [0.717, 1.165) is 26.2 Å². The fraction of sp³-hybridized carbons (Fsp3) is 1.00. The van der Waals surface area contributed by atoms with Crippen molar-refractivity contribution in [3.05, 3.63) is 0 Å². The summed E-state index contributed by atoms with van der Waals surface area (Å²) in [6.07, 6.45) is -5.65. The van der Waals surface area contributed by atoms with Crippen LogP contribution in [0.4, 0.5) is 0 Å². The van der Waals surface area contributed by atoms with E-state index in [9.17, 15) is 5.11 Å². The Morgan fingerprint density at radius 3 is 1.63 bits per heavy atom. The minimum Gasteiger partial charge on any atom is -0.394 e. The highest BCUT2D eigenvalue weighted by molar-refractivity contribution is 4.81. The van der Waals surface area contributed by atoms with Crippen molar-refractivity contribution in [3.8, 4) is 0 Å². The van der Waals surface area contributed by atoms with Crippen LogP contribution in [-0.2, 0) is 0 Å². The quantitative estimate of drug-likeness (QED) is 0.245. The van der Waals surface area contributed by atoms with Gasteiger partial charge in [0.15, 0.2) is 0 Å². The fourth-order valence-electron chi connectivity index (χ4n) is 1.50. The summed E-state index contributed by atoms with van der Waals surface area (Å²) in [5.74, 6) is 0. The van der Waals surface area contributed by atoms with Crippen molar-refractivity contribution < 1.29 is 25.5 Å². The third-order valence-corrected chi connectivity index (χ3v) is 2.70. The smallest absolute Gasteiger partial charge is 0.111 e. The van der Waals surface area contributed by atoms with E-state index in [1.54, 1.807) is 7.05 Å². The maximum Gasteiger partial charge on any atom is 0.111 e. The second kappa shape index (κ2) is 11.5. The molecule has 1 saturated heterocycles. The van der Waals surface area contributed by atoms with Crippen molar-refractivity contribution in [2.45, 2.75) is 24.4 Å². The van der Waals surface area contributed by atoms with E-state index >= 15 is 0 Å². The van der Waals surface area contributed by atoms with E-state index < -0.39 is 31.0 Å². The summed E-state index contributed by atoms with van der Waals surface area (Å²) in [6, 6.07) is 0. The molecule has 0 amide bonds. The van der Waals surface area contributed by atoms with Crippen molar-refractivity contribution >= 4 is 0 Å². The number of nitrogens with one attached hydrogen (secondary N) is 3. The average Bonchev–Trinajstić information content (AvgIpc) is 2.47. The molecule has 1 aliphatic rings. The molecule has 0 aliphatic carbocycles. The Morgan fingerprint density at radius 2 is 1.32 bits per heavy atom. The van der Waals surface area contributed by atoms with Gasteiger partial charge in [-0.3, -0.25) is 0 Å². The van der Waals surface area contributed by atoms with Crippen molar-refractivity contribution in [3.63, 3.8) is 0 Å². The molecular formula is C11H27N3O5. The van der Waals surface area contributed by atoms with E-state index in [1.807, 2.05) is 0 Å². The number of likely N-dealkylation sites (N-methyl/N-ethyl adjacent to an activating group) is 1. The first-order valence-electron chi connectivity index (χ1n) is 6.43. The molecule has 8 N–H and O–H groups in total. The highest BCUT2D eigenvalue weighted by Gasteiger charge is 2.29. The van der Waals surface area contributed by atoms with Gasteiger partial charge in [0.05, 0.1) is 12.7 Å². The molecule has 4 unspecified atom stereocenters. The Balaban J connectivity index is 0.000000443. The summed E-state index contributed by atoms with van der Waals surface area (Å²) in [5, 5.41) is 53.9. The predicted molar refractivity (Wildman–Crippen MR) is 70.8 cm³/mol. The molecule has 0 bridgehead atoms. The number of aliphatic hydroxyl groups is 5. The zero-order valence-electron chi connectivity index (χ0n) is 11.3. The number of piperazine rings is 1. The van der Waals surface area contributed by atoms with Gasteiger partial charge in [0.2, 0.25) is 0 Å². The topological polar surface area (TPSA) is 137 Å². The molecular weight excluding hydrogens is 254 g/mol. The van der Waals surface area contributed by atoms with Crippen LogP contribution in [0.3, 0.4) is 0 Å². The summed E-state index contributed by atoms with van der Waals surface area (Å²) in [7, 11) is 1.57. The Bertz CT molecular complexity index is 195. The van der Waals surface area contributed by atoms with Gasteiger partial charge in [-0.15, -0.1) is 0 Å². The first kappa shape index (κ1) is 18.7. The zero-order chi connectivity index (χ0) is 14.7. The van der Waals surface area contributed by atoms with E-state index in [1.165, 1.54) is 0 Å². The molecule has 116 valence electrons. The monoisotopic (exact) mass is 281 g/mol. The first-order chi connectivity index (χ1) is 9.04. The SMILES string of the molecule is C1CNCCN1.CNCC(O)C(O)C(O)C(O)CO. The Hall–Kier alpha value is -0.320. The van der Waals surface area contributed by atoms with Crippen molar-refractivity contribution in [2.75, 3.05) is 46.4 Å². The Kier molecular flexibility index (Phi) is 11.3. The average molecular weight is 281 g/mol. The van der Waals surface area contributed by atoms with Crippen molar-refractivity contribution in [1.82, 2.24) is 16.0 Å². The third-order valence-electron chi connectivity index (χ3n) is 2.70. The van der Waals surface area contributed by atoms with Gasteiger partial charge in [0, 0.05) is 32.7 Å². The molecule has 19 heavy (non-hydrogen) atoms. The van der Waals surface area contributed by atoms with Crippen LogP contribution >= 0.6 is 0 Å². The standard InChI is InChI=1S/C7H17NO5.C4H10N2/c1-8-2-4(10)6(12)7(13)5(11)3-9;1-2-6-4-3-5-1/h4-13H,2-3H2,1H3;5-6H,1-4H2. The highest BCUT2D eigenvalue weighted by Crippen LogP contribution is 2.04. The van der Waals surface area contributed by atoms with E-state index in [4.69, 9.17) is 20.4 Å². The lowest BCUT2D eigenvalue weighted by Gasteiger charge is -2.25. The van der Waals surface area contributed by atoms with Gasteiger partial charge in [-0.2, -0.15) is 0 Å². The molecule has 8 nitrogen and oxygen atoms in total. The zero-order valence-corrected chi connectivity index (χ0v) is 11.3. The number of hydrogen-bond donors (Lipinski definition) is 8. The van der Waals surface area contributed by atoms with Crippen LogP contribution in [0.25, 0.3) is 0 Å².